The molecule has 4 aromatic rings. The molecule has 2 heterocycles. The SMILES string of the molecule is Cc1cc(C=Nc2ccc3ncccc3c2)c(C)n1-c1ccc(F)cc1. The molecule has 3 nitrogen and oxygen atoms in total. The average Bonchev–Trinajstić information content (AvgIpc) is 2.94. The van der Waals surface area contributed by atoms with E-state index in [1.54, 1.807) is 18.3 Å². The molecule has 2 aromatic heterocycles. The molecule has 26 heavy (non-hydrogen) atoms. The molecule has 0 unspecified atom stereocenters. The second-order valence-electron chi connectivity index (χ2n) is 6.28. The highest BCUT2D eigenvalue weighted by Crippen LogP contribution is 2.22. The highest BCUT2D eigenvalue weighted by Gasteiger charge is 2.09. The first-order valence-corrected chi connectivity index (χ1v) is 8.45. The summed E-state index contributed by atoms with van der Waals surface area (Å²) in [5.74, 6) is -0.233. The van der Waals surface area contributed by atoms with Crippen LogP contribution in [-0.4, -0.2) is 15.8 Å². The number of aliphatic imine (C=N–C) groups is 1. The molecule has 0 N–H and O–H groups in total. The normalized spacial score (nSPS) is 11.5. The Morgan fingerprint density at radius 2 is 1.81 bits per heavy atom. The van der Waals surface area contributed by atoms with Gasteiger partial charge in [-0.1, -0.05) is 6.07 Å². The van der Waals surface area contributed by atoms with Gasteiger partial charge in [0, 0.05) is 40.4 Å². The molecule has 0 saturated heterocycles. The summed E-state index contributed by atoms with van der Waals surface area (Å²) in [4.78, 5) is 8.95. The van der Waals surface area contributed by atoms with Crippen molar-refractivity contribution in [3.05, 3.63) is 89.6 Å². The first-order chi connectivity index (χ1) is 12.6. The van der Waals surface area contributed by atoms with Crippen LogP contribution in [0.4, 0.5) is 10.1 Å². The van der Waals surface area contributed by atoms with Crippen molar-refractivity contribution in [3.8, 4) is 5.69 Å². The maximum atomic E-state index is 13.2. The fourth-order valence-electron chi connectivity index (χ4n) is 3.19. The zero-order valence-corrected chi connectivity index (χ0v) is 14.6. The Morgan fingerprint density at radius 3 is 2.62 bits per heavy atom. The standard InChI is InChI=1S/C22H18FN3/c1-15-12-18(16(2)26(15)21-8-5-19(23)6-9-21)14-25-20-7-10-22-17(13-20)4-3-11-24-22/h3-14H,1-2H3. The van der Waals surface area contributed by atoms with Crippen LogP contribution in [0.3, 0.4) is 0 Å². The van der Waals surface area contributed by atoms with Crippen LogP contribution in [0.25, 0.3) is 16.6 Å². The molecular weight excluding hydrogens is 325 g/mol. The molecule has 0 amide bonds. The Labute approximate surface area is 151 Å². The summed E-state index contributed by atoms with van der Waals surface area (Å²) in [6, 6.07) is 18.5. The summed E-state index contributed by atoms with van der Waals surface area (Å²) in [7, 11) is 0. The van der Waals surface area contributed by atoms with Crippen LogP contribution in [0.2, 0.25) is 0 Å². The summed E-state index contributed by atoms with van der Waals surface area (Å²) in [6.07, 6.45) is 3.66. The van der Waals surface area contributed by atoms with Gasteiger partial charge in [-0.05, 0) is 68.4 Å². The summed E-state index contributed by atoms with van der Waals surface area (Å²) in [5, 5.41) is 1.07. The van der Waals surface area contributed by atoms with Gasteiger partial charge in [-0.25, -0.2) is 4.39 Å². The summed E-state index contributed by atoms with van der Waals surface area (Å²) in [6.45, 7) is 4.08. The molecule has 4 heteroatoms. The lowest BCUT2D eigenvalue weighted by atomic mass is 10.2. The third-order valence-electron chi connectivity index (χ3n) is 4.49. The minimum atomic E-state index is -0.233. The largest absolute Gasteiger partial charge is 0.318 e. The molecule has 0 aliphatic heterocycles. The van der Waals surface area contributed by atoms with Gasteiger partial charge in [-0.2, -0.15) is 0 Å². The third kappa shape index (κ3) is 3.02. The van der Waals surface area contributed by atoms with E-state index in [1.165, 1.54) is 12.1 Å². The van der Waals surface area contributed by atoms with Crippen molar-refractivity contribution in [3.63, 3.8) is 0 Å². The van der Waals surface area contributed by atoms with Crippen LogP contribution in [-0.2, 0) is 0 Å². The first kappa shape index (κ1) is 16.2. The predicted octanol–water partition coefficient (Wildman–Crippen LogP) is 5.53. The van der Waals surface area contributed by atoms with Gasteiger partial charge in [-0.15, -0.1) is 0 Å². The molecule has 0 saturated carbocycles. The van der Waals surface area contributed by atoms with Gasteiger partial charge in [0.2, 0.25) is 0 Å². The zero-order chi connectivity index (χ0) is 18.1. The van der Waals surface area contributed by atoms with Crippen molar-refractivity contribution >= 4 is 22.8 Å². The van der Waals surface area contributed by atoms with Gasteiger partial charge in [0.25, 0.3) is 0 Å². The molecule has 0 fully saturated rings. The fourth-order valence-corrected chi connectivity index (χ4v) is 3.19. The second kappa shape index (κ2) is 6.56. The molecule has 0 radical (unpaired) electrons. The molecule has 0 aliphatic rings. The first-order valence-electron chi connectivity index (χ1n) is 8.45. The molecular formula is C22H18FN3. The van der Waals surface area contributed by atoms with Gasteiger partial charge in [0.05, 0.1) is 11.2 Å². The smallest absolute Gasteiger partial charge is 0.123 e. The number of halogens is 1. The highest BCUT2D eigenvalue weighted by molar-refractivity contribution is 5.87. The molecule has 0 atom stereocenters. The van der Waals surface area contributed by atoms with E-state index in [9.17, 15) is 4.39 Å². The van der Waals surface area contributed by atoms with Crippen LogP contribution in [0, 0.1) is 19.7 Å². The van der Waals surface area contributed by atoms with E-state index in [0.717, 1.165) is 39.2 Å². The number of hydrogen-bond acceptors (Lipinski definition) is 2. The Balaban J connectivity index is 1.68. The van der Waals surface area contributed by atoms with E-state index in [2.05, 4.69) is 20.6 Å². The van der Waals surface area contributed by atoms with Gasteiger partial charge >= 0.3 is 0 Å². The highest BCUT2D eigenvalue weighted by atomic mass is 19.1. The number of nitrogens with zero attached hydrogens (tertiary/aromatic N) is 3. The van der Waals surface area contributed by atoms with Crippen LogP contribution < -0.4 is 0 Å². The van der Waals surface area contributed by atoms with Crippen LogP contribution >= 0.6 is 0 Å². The lowest BCUT2D eigenvalue weighted by molar-refractivity contribution is 0.627. The number of benzene rings is 2. The molecule has 4 rings (SSSR count). The van der Waals surface area contributed by atoms with E-state index in [0.29, 0.717) is 0 Å². The number of fused-ring (bicyclic) bond motifs is 1. The molecule has 0 spiro atoms. The van der Waals surface area contributed by atoms with Crippen molar-refractivity contribution in [2.45, 2.75) is 13.8 Å². The van der Waals surface area contributed by atoms with Crippen molar-refractivity contribution in [1.29, 1.82) is 0 Å². The van der Waals surface area contributed by atoms with Gasteiger partial charge in [-0.3, -0.25) is 9.98 Å². The average molecular weight is 343 g/mol. The van der Waals surface area contributed by atoms with Crippen LogP contribution in [0.15, 0.2) is 71.9 Å². The van der Waals surface area contributed by atoms with Crippen molar-refractivity contribution < 1.29 is 4.39 Å². The molecule has 128 valence electrons. The third-order valence-corrected chi connectivity index (χ3v) is 4.49. The number of aromatic nitrogens is 2. The minimum absolute atomic E-state index is 0.233. The van der Waals surface area contributed by atoms with E-state index >= 15 is 0 Å². The quantitative estimate of drug-likeness (QED) is 0.450. The van der Waals surface area contributed by atoms with Gasteiger partial charge < -0.3 is 4.57 Å². The molecule has 0 aliphatic carbocycles. The molecule has 2 aromatic carbocycles. The van der Waals surface area contributed by atoms with E-state index < -0.39 is 0 Å². The maximum absolute atomic E-state index is 13.2. The van der Waals surface area contributed by atoms with Crippen molar-refractivity contribution in [1.82, 2.24) is 9.55 Å². The van der Waals surface area contributed by atoms with Crippen molar-refractivity contribution in [2.24, 2.45) is 4.99 Å². The monoisotopic (exact) mass is 343 g/mol. The Morgan fingerprint density at radius 1 is 1.00 bits per heavy atom. The number of rotatable bonds is 3. The van der Waals surface area contributed by atoms with E-state index in [4.69, 9.17) is 0 Å². The van der Waals surface area contributed by atoms with Gasteiger partial charge in [0.1, 0.15) is 5.82 Å². The predicted molar refractivity (Wildman–Crippen MR) is 104 cm³/mol. The maximum Gasteiger partial charge on any atom is 0.123 e. The number of aryl methyl sites for hydroxylation is 1. The van der Waals surface area contributed by atoms with Crippen molar-refractivity contribution in [2.75, 3.05) is 0 Å². The summed E-state index contributed by atoms with van der Waals surface area (Å²) >= 11 is 0. The summed E-state index contributed by atoms with van der Waals surface area (Å²) in [5.41, 5.74) is 5.98. The summed E-state index contributed by atoms with van der Waals surface area (Å²) < 4.78 is 15.3. The Hall–Kier alpha value is -3.27. The lowest BCUT2D eigenvalue weighted by Gasteiger charge is -2.09. The fraction of sp³-hybridized carbons (Fsp3) is 0.0909. The second-order valence-corrected chi connectivity index (χ2v) is 6.28. The van der Waals surface area contributed by atoms with Gasteiger partial charge in [0.15, 0.2) is 0 Å². The number of hydrogen-bond donors (Lipinski definition) is 0. The Bertz CT molecular complexity index is 1110. The lowest BCUT2D eigenvalue weighted by Crippen LogP contribution is -1.99. The minimum Gasteiger partial charge on any atom is -0.318 e. The Kier molecular flexibility index (Phi) is 4.09. The molecule has 0 bridgehead atoms. The van der Waals surface area contributed by atoms with E-state index in [-0.39, 0.29) is 5.82 Å². The van der Waals surface area contributed by atoms with Crippen LogP contribution in [0.5, 0.6) is 0 Å². The van der Waals surface area contributed by atoms with E-state index in [1.807, 2.05) is 50.4 Å². The van der Waals surface area contributed by atoms with Crippen LogP contribution in [0.1, 0.15) is 17.0 Å². The topological polar surface area (TPSA) is 30.2 Å². The number of pyridine rings is 1. The zero-order valence-electron chi connectivity index (χ0n) is 14.6.